The van der Waals surface area contributed by atoms with E-state index in [-0.39, 0.29) is 12.5 Å². The topological polar surface area (TPSA) is 61.8 Å². The first-order valence-corrected chi connectivity index (χ1v) is 6.80. The van der Waals surface area contributed by atoms with Crippen molar-refractivity contribution in [2.75, 3.05) is 33.8 Å². The molecule has 0 saturated carbocycles. The van der Waals surface area contributed by atoms with Gasteiger partial charge in [-0.15, -0.1) is 0 Å². The molecule has 1 unspecified atom stereocenters. The molecule has 0 radical (unpaired) electrons. The Balaban J connectivity index is 2.03. The molecule has 0 aliphatic carbocycles. The minimum atomic E-state index is -0.562. The number of nitrogens with one attached hydrogen (secondary N) is 1. The van der Waals surface area contributed by atoms with E-state index in [9.17, 15) is 9.90 Å². The number of ether oxygens (including phenoxy) is 1. The predicted molar refractivity (Wildman–Crippen MR) is 78.3 cm³/mol. The van der Waals surface area contributed by atoms with E-state index in [1.165, 1.54) is 0 Å². The number of aliphatic hydroxyl groups excluding tert-OH is 1. The van der Waals surface area contributed by atoms with Gasteiger partial charge in [0, 0.05) is 33.6 Å². The first kappa shape index (κ1) is 16.6. The van der Waals surface area contributed by atoms with Crippen molar-refractivity contribution in [3.63, 3.8) is 0 Å². The summed E-state index contributed by atoms with van der Waals surface area (Å²) in [7, 11) is 3.46. The lowest BCUT2D eigenvalue weighted by Gasteiger charge is -2.13. The molecule has 1 atom stereocenters. The molecule has 1 aromatic rings. The van der Waals surface area contributed by atoms with E-state index in [1.54, 1.807) is 19.0 Å². The first-order chi connectivity index (χ1) is 9.59. The zero-order valence-corrected chi connectivity index (χ0v) is 12.2. The molecule has 0 aliphatic rings. The number of carbonyl (C=O) groups excluding carboxylic acids is 1. The summed E-state index contributed by atoms with van der Waals surface area (Å²) >= 11 is 0. The van der Waals surface area contributed by atoms with Crippen LogP contribution >= 0.6 is 0 Å². The number of rotatable bonds is 9. The zero-order chi connectivity index (χ0) is 14.8. The Kier molecular flexibility index (Phi) is 7.87. The zero-order valence-electron chi connectivity index (χ0n) is 12.2. The molecule has 112 valence electrons. The van der Waals surface area contributed by atoms with Gasteiger partial charge >= 0.3 is 0 Å². The normalized spacial score (nSPS) is 12.2. The van der Waals surface area contributed by atoms with E-state index in [0.29, 0.717) is 26.1 Å². The van der Waals surface area contributed by atoms with Crippen LogP contribution in [0.5, 0.6) is 0 Å². The van der Waals surface area contributed by atoms with Gasteiger partial charge in [0.15, 0.2) is 0 Å². The quantitative estimate of drug-likeness (QED) is 0.651. The standard InChI is InChI=1S/C15H24N2O3/c1-17(2)15(19)8-9-16-10-14(18)12-20-11-13-6-4-3-5-7-13/h3-7,14,16,18H,8-12H2,1-2H3. The van der Waals surface area contributed by atoms with Crippen molar-refractivity contribution in [3.8, 4) is 0 Å². The summed E-state index contributed by atoms with van der Waals surface area (Å²) in [6.45, 7) is 1.77. The van der Waals surface area contributed by atoms with Crippen LogP contribution < -0.4 is 5.32 Å². The van der Waals surface area contributed by atoms with Crippen LogP contribution in [0.1, 0.15) is 12.0 Å². The molecular formula is C15H24N2O3. The molecule has 0 aromatic heterocycles. The summed E-state index contributed by atoms with van der Waals surface area (Å²) in [5, 5.41) is 12.8. The number of carbonyl (C=O) groups is 1. The lowest BCUT2D eigenvalue weighted by molar-refractivity contribution is -0.128. The van der Waals surface area contributed by atoms with Crippen LogP contribution in [0.15, 0.2) is 30.3 Å². The van der Waals surface area contributed by atoms with Crippen LogP contribution in [0.4, 0.5) is 0 Å². The summed E-state index contributed by atoms with van der Waals surface area (Å²) in [4.78, 5) is 12.9. The Morgan fingerprint density at radius 1 is 1.35 bits per heavy atom. The maximum Gasteiger partial charge on any atom is 0.223 e. The Bertz CT molecular complexity index is 382. The molecule has 20 heavy (non-hydrogen) atoms. The second-order valence-electron chi connectivity index (χ2n) is 4.90. The molecule has 1 rings (SSSR count). The molecule has 0 spiro atoms. The summed E-state index contributed by atoms with van der Waals surface area (Å²) in [6, 6.07) is 9.84. The maximum atomic E-state index is 11.3. The van der Waals surface area contributed by atoms with Crippen molar-refractivity contribution in [1.29, 1.82) is 0 Å². The highest BCUT2D eigenvalue weighted by Crippen LogP contribution is 2.00. The average molecular weight is 280 g/mol. The number of benzene rings is 1. The SMILES string of the molecule is CN(C)C(=O)CCNCC(O)COCc1ccccc1. The number of hydrogen-bond acceptors (Lipinski definition) is 4. The van der Waals surface area contributed by atoms with Crippen molar-refractivity contribution in [3.05, 3.63) is 35.9 Å². The molecule has 0 bridgehead atoms. The largest absolute Gasteiger partial charge is 0.389 e. The van der Waals surface area contributed by atoms with Crippen LogP contribution in [0, 0.1) is 0 Å². The molecule has 2 N–H and O–H groups in total. The number of hydrogen-bond donors (Lipinski definition) is 2. The van der Waals surface area contributed by atoms with Crippen LogP contribution in [0.3, 0.4) is 0 Å². The van der Waals surface area contributed by atoms with Gasteiger partial charge in [0.1, 0.15) is 0 Å². The number of amides is 1. The molecule has 0 aliphatic heterocycles. The van der Waals surface area contributed by atoms with Crippen molar-refractivity contribution in [1.82, 2.24) is 10.2 Å². The molecular weight excluding hydrogens is 256 g/mol. The van der Waals surface area contributed by atoms with E-state index in [4.69, 9.17) is 4.74 Å². The fourth-order valence-corrected chi connectivity index (χ4v) is 1.63. The monoisotopic (exact) mass is 280 g/mol. The number of nitrogens with zero attached hydrogens (tertiary/aromatic N) is 1. The van der Waals surface area contributed by atoms with Crippen LogP contribution in [0.2, 0.25) is 0 Å². The van der Waals surface area contributed by atoms with Gasteiger partial charge in [0.2, 0.25) is 5.91 Å². The molecule has 0 heterocycles. The molecule has 1 amide bonds. The lowest BCUT2D eigenvalue weighted by atomic mass is 10.2. The predicted octanol–water partition coefficient (Wildman–Crippen LogP) is 0.632. The van der Waals surface area contributed by atoms with Crippen molar-refractivity contribution in [2.24, 2.45) is 0 Å². The molecule has 1 aromatic carbocycles. The Labute approximate surface area is 120 Å². The minimum Gasteiger partial charge on any atom is -0.389 e. The maximum absolute atomic E-state index is 11.3. The second-order valence-corrected chi connectivity index (χ2v) is 4.90. The molecule has 5 nitrogen and oxygen atoms in total. The number of aliphatic hydroxyl groups is 1. The van der Waals surface area contributed by atoms with Crippen molar-refractivity contribution >= 4 is 5.91 Å². The summed E-state index contributed by atoms with van der Waals surface area (Å²) in [6.07, 6.45) is -0.127. The third kappa shape index (κ3) is 7.23. The fourth-order valence-electron chi connectivity index (χ4n) is 1.63. The minimum absolute atomic E-state index is 0.0762. The Hall–Kier alpha value is -1.43. The molecule has 0 saturated heterocycles. The van der Waals surface area contributed by atoms with Crippen LogP contribution in [-0.2, 0) is 16.1 Å². The van der Waals surface area contributed by atoms with E-state index in [1.807, 2.05) is 30.3 Å². The third-order valence-corrected chi connectivity index (χ3v) is 2.82. The van der Waals surface area contributed by atoms with Crippen LogP contribution in [0.25, 0.3) is 0 Å². The smallest absolute Gasteiger partial charge is 0.223 e. The highest BCUT2D eigenvalue weighted by atomic mass is 16.5. The van der Waals surface area contributed by atoms with Gasteiger partial charge in [0.05, 0.1) is 19.3 Å². The van der Waals surface area contributed by atoms with E-state index >= 15 is 0 Å². The highest BCUT2D eigenvalue weighted by Gasteiger charge is 2.06. The average Bonchev–Trinajstić information content (AvgIpc) is 2.44. The first-order valence-electron chi connectivity index (χ1n) is 6.80. The van der Waals surface area contributed by atoms with Gasteiger partial charge in [-0.1, -0.05) is 30.3 Å². The van der Waals surface area contributed by atoms with Gasteiger partial charge in [-0.2, -0.15) is 0 Å². The van der Waals surface area contributed by atoms with E-state index in [2.05, 4.69) is 5.32 Å². The Morgan fingerprint density at radius 2 is 2.05 bits per heavy atom. The fraction of sp³-hybridized carbons (Fsp3) is 0.533. The molecule has 0 fully saturated rings. The van der Waals surface area contributed by atoms with Gasteiger partial charge in [-0.05, 0) is 5.56 Å². The van der Waals surface area contributed by atoms with Gasteiger partial charge in [-0.3, -0.25) is 4.79 Å². The van der Waals surface area contributed by atoms with Gasteiger partial charge < -0.3 is 20.1 Å². The van der Waals surface area contributed by atoms with E-state index in [0.717, 1.165) is 5.56 Å². The van der Waals surface area contributed by atoms with E-state index < -0.39 is 6.10 Å². The summed E-state index contributed by atoms with van der Waals surface area (Å²) in [5.74, 6) is 0.0762. The lowest BCUT2D eigenvalue weighted by Crippen LogP contribution is -2.33. The Morgan fingerprint density at radius 3 is 2.70 bits per heavy atom. The third-order valence-electron chi connectivity index (χ3n) is 2.82. The highest BCUT2D eigenvalue weighted by molar-refractivity contribution is 5.75. The van der Waals surface area contributed by atoms with Crippen molar-refractivity contribution < 1.29 is 14.6 Å². The van der Waals surface area contributed by atoms with Crippen LogP contribution in [-0.4, -0.2) is 55.8 Å². The van der Waals surface area contributed by atoms with Gasteiger partial charge in [0.25, 0.3) is 0 Å². The van der Waals surface area contributed by atoms with Gasteiger partial charge in [-0.25, -0.2) is 0 Å². The second kappa shape index (κ2) is 9.47. The summed E-state index contributed by atoms with van der Waals surface area (Å²) < 4.78 is 5.43. The summed E-state index contributed by atoms with van der Waals surface area (Å²) in [5.41, 5.74) is 1.09. The molecule has 5 heteroatoms. The van der Waals surface area contributed by atoms with Crippen molar-refractivity contribution in [2.45, 2.75) is 19.1 Å².